The van der Waals surface area contributed by atoms with E-state index in [1.807, 2.05) is 0 Å². The Kier molecular flexibility index (Phi) is 5.10. The molecule has 2 heterocycles. The summed E-state index contributed by atoms with van der Waals surface area (Å²) in [5, 5.41) is 7.53. The average Bonchev–Trinajstić information content (AvgIpc) is 3.41. The molecule has 2 aliphatic rings. The van der Waals surface area contributed by atoms with E-state index in [0.717, 1.165) is 31.4 Å². The Bertz CT molecular complexity index is 879. The van der Waals surface area contributed by atoms with Crippen molar-refractivity contribution in [3.63, 3.8) is 0 Å². The smallest absolute Gasteiger partial charge is 0.276 e. The lowest BCUT2D eigenvalue weighted by Crippen LogP contribution is -2.50. The molecule has 8 heteroatoms. The van der Waals surface area contributed by atoms with Crippen molar-refractivity contribution in [1.82, 2.24) is 10.1 Å². The SMILES string of the molecule is O=C(Nc1ccc(Cl)c(Cl)c1)C1CCCCN1C(=O)c1cc(C2CC2)on1. The van der Waals surface area contributed by atoms with Gasteiger partial charge in [-0.25, -0.2) is 0 Å². The summed E-state index contributed by atoms with van der Waals surface area (Å²) in [5.41, 5.74) is 0.816. The number of benzene rings is 1. The predicted molar refractivity (Wildman–Crippen MR) is 102 cm³/mol. The highest BCUT2D eigenvalue weighted by Gasteiger charge is 2.35. The molecule has 0 radical (unpaired) electrons. The summed E-state index contributed by atoms with van der Waals surface area (Å²) in [4.78, 5) is 27.3. The lowest BCUT2D eigenvalue weighted by Gasteiger charge is -2.34. The number of hydrogen-bond donors (Lipinski definition) is 1. The van der Waals surface area contributed by atoms with Gasteiger partial charge in [0.05, 0.1) is 10.0 Å². The van der Waals surface area contributed by atoms with E-state index in [1.165, 1.54) is 0 Å². The van der Waals surface area contributed by atoms with Gasteiger partial charge in [-0.05, 0) is 50.3 Å². The first-order valence-electron chi connectivity index (χ1n) is 9.06. The van der Waals surface area contributed by atoms with Crippen LogP contribution in [0.25, 0.3) is 0 Å². The monoisotopic (exact) mass is 407 g/mol. The number of aromatic nitrogens is 1. The van der Waals surface area contributed by atoms with E-state index < -0.39 is 6.04 Å². The second-order valence-corrected chi connectivity index (χ2v) is 7.83. The Labute approximate surface area is 166 Å². The summed E-state index contributed by atoms with van der Waals surface area (Å²) in [5.74, 6) is 0.633. The van der Waals surface area contributed by atoms with Gasteiger partial charge in [-0.15, -0.1) is 0 Å². The maximum atomic E-state index is 12.9. The summed E-state index contributed by atoms with van der Waals surface area (Å²) in [6.45, 7) is 0.518. The van der Waals surface area contributed by atoms with Gasteiger partial charge in [0, 0.05) is 24.2 Å². The number of carbonyl (C=O) groups is 2. The standard InChI is InChI=1S/C19H19Cl2N3O3/c20-13-7-6-12(9-14(13)21)22-18(25)16-3-1-2-8-24(16)19(26)15-10-17(27-23-15)11-4-5-11/h6-7,9-11,16H,1-5,8H2,(H,22,25). The Balaban J connectivity index is 1.49. The van der Waals surface area contributed by atoms with Crippen LogP contribution in [-0.4, -0.2) is 34.5 Å². The van der Waals surface area contributed by atoms with E-state index >= 15 is 0 Å². The summed E-state index contributed by atoms with van der Waals surface area (Å²) in [6.07, 6.45) is 4.49. The van der Waals surface area contributed by atoms with Crippen molar-refractivity contribution in [2.75, 3.05) is 11.9 Å². The van der Waals surface area contributed by atoms with Crippen molar-refractivity contribution in [2.45, 2.75) is 44.1 Å². The molecule has 1 unspecified atom stereocenters. The van der Waals surface area contributed by atoms with Gasteiger partial charge in [0.1, 0.15) is 11.8 Å². The highest BCUT2D eigenvalue weighted by molar-refractivity contribution is 6.42. The molecular weight excluding hydrogens is 389 g/mol. The Hall–Kier alpha value is -2.05. The number of nitrogens with one attached hydrogen (secondary N) is 1. The Morgan fingerprint density at radius 2 is 1.93 bits per heavy atom. The van der Waals surface area contributed by atoms with Gasteiger partial charge in [-0.3, -0.25) is 9.59 Å². The minimum absolute atomic E-state index is 0.243. The van der Waals surface area contributed by atoms with E-state index in [1.54, 1.807) is 29.2 Å². The van der Waals surface area contributed by atoms with Crippen molar-refractivity contribution < 1.29 is 14.1 Å². The molecule has 2 aromatic rings. The second-order valence-electron chi connectivity index (χ2n) is 7.02. The maximum Gasteiger partial charge on any atom is 0.276 e. The number of carbonyl (C=O) groups excluding carboxylic acids is 2. The van der Waals surface area contributed by atoms with E-state index in [0.29, 0.717) is 34.6 Å². The predicted octanol–water partition coefficient (Wildman–Crippen LogP) is 4.49. The van der Waals surface area contributed by atoms with Crippen LogP contribution in [0.3, 0.4) is 0 Å². The quantitative estimate of drug-likeness (QED) is 0.809. The van der Waals surface area contributed by atoms with Gasteiger partial charge in [0.15, 0.2) is 5.69 Å². The Morgan fingerprint density at radius 3 is 2.67 bits per heavy atom. The van der Waals surface area contributed by atoms with Crippen molar-refractivity contribution in [1.29, 1.82) is 0 Å². The van der Waals surface area contributed by atoms with Crippen LogP contribution in [0, 0.1) is 0 Å². The molecule has 6 nitrogen and oxygen atoms in total. The van der Waals surface area contributed by atoms with Crippen LogP contribution in [0.5, 0.6) is 0 Å². The fraction of sp³-hybridized carbons (Fsp3) is 0.421. The largest absolute Gasteiger partial charge is 0.360 e. The van der Waals surface area contributed by atoms with Crippen LogP contribution in [0.4, 0.5) is 5.69 Å². The fourth-order valence-electron chi connectivity index (χ4n) is 3.34. The van der Waals surface area contributed by atoms with E-state index in [-0.39, 0.29) is 17.5 Å². The topological polar surface area (TPSA) is 75.4 Å². The zero-order chi connectivity index (χ0) is 19.0. The van der Waals surface area contributed by atoms with E-state index in [4.69, 9.17) is 27.7 Å². The van der Waals surface area contributed by atoms with Gasteiger partial charge >= 0.3 is 0 Å². The Morgan fingerprint density at radius 1 is 1.11 bits per heavy atom. The molecule has 1 saturated carbocycles. The molecule has 1 atom stereocenters. The third-order valence-electron chi connectivity index (χ3n) is 4.98. The summed E-state index contributed by atoms with van der Waals surface area (Å²) < 4.78 is 5.29. The van der Waals surface area contributed by atoms with Crippen molar-refractivity contribution in [3.8, 4) is 0 Å². The molecule has 142 valence electrons. The van der Waals surface area contributed by atoms with Gasteiger partial charge in [0.2, 0.25) is 5.91 Å². The number of amides is 2. The zero-order valence-electron chi connectivity index (χ0n) is 14.6. The van der Waals surface area contributed by atoms with Crippen molar-refractivity contribution >= 4 is 40.7 Å². The number of hydrogen-bond acceptors (Lipinski definition) is 4. The molecule has 1 aromatic carbocycles. The molecule has 1 aliphatic heterocycles. The van der Waals surface area contributed by atoms with Gasteiger partial charge in [-0.2, -0.15) is 0 Å². The molecule has 0 bridgehead atoms. The summed E-state index contributed by atoms with van der Waals surface area (Å²) >= 11 is 11.9. The number of anilines is 1. The highest BCUT2D eigenvalue weighted by atomic mass is 35.5. The normalized spacial score (nSPS) is 19.8. The third-order valence-corrected chi connectivity index (χ3v) is 5.72. The van der Waals surface area contributed by atoms with Gasteiger partial charge in [0.25, 0.3) is 5.91 Å². The van der Waals surface area contributed by atoms with Crippen LogP contribution < -0.4 is 5.32 Å². The number of nitrogens with zero attached hydrogens (tertiary/aromatic N) is 2. The molecule has 2 fully saturated rings. The van der Waals surface area contributed by atoms with Crippen LogP contribution >= 0.6 is 23.2 Å². The van der Waals surface area contributed by atoms with E-state index in [2.05, 4.69) is 10.5 Å². The van der Waals surface area contributed by atoms with Gasteiger partial charge in [-0.1, -0.05) is 28.4 Å². The van der Waals surface area contributed by atoms with Crippen molar-refractivity contribution in [2.24, 2.45) is 0 Å². The molecule has 1 saturated heterocycles. The molecule has 2 amide bonds. The number of rotatable bonds is 4. The summed E-state index contributed by atoms with van der Waals surface area (Å²) in [7, 11) is 0. The molecule has 27 heavy (non-hydrogen) atoms. The maximum absolute atomic E-state index is 12.9. The minimum Gasteiger partial charge on any atom is -0.360 e. The second kappa shape index (κ2) is 7.52. The van der Waals surface area contributed by atoms with Crippen molar-refractivity contribution in [3.05, 3.63) is 45.8 Å². The van der Waals surface area contributed by atoms with Crippen LogP contribution in [0.15, 0.2) is 28.8 Å². The first kappa shape index (κ1) is 18.3. The van der Waals surface area contributed by atoms with Crippen LogP contribution in [0.1, 0.15) is 54.3 Å². The lowest BCUT2D eigenvalue weighted by atomic mass is 10.0. The van der Waals surface area contributed by atoms with Crippen LogP contribution in [0.2, 0.25) is 10.0 Å². The molecular formula is C19H19Cl2N3O3. The molecule has 1 N–H and O–H groups in total. The summed E-state index contributed by atoms with van der Waals surface area (Å²) in [6, 6.07) is 6.05. The third kappa shape index (κ3) is 3.96. The number of halogens is 2. The van der Waals surface area contributed by atoms with Gasteiger partial charge < -0.3 is 14.7 Å². The number of piperidine rings is 1. The molecule has 4 rings (SSSR count). The highest BCUT2D eigenvalue weighted by Crippen LogP contribution is 2.40. The molecule has 0 spiro atoms. The number of likely N-dealkylation sites (tertiary alicyclic amines) is 1. The molecule has 1 aliphatic carbocycles. The average molecular weight is 408 g/mol. The van der Waals surface area contributed by atoms with Crippen LogP contribution in [-0.2, 0) is 4.79 Å². The zero-order valence-corrected chi connectivity index (χ0v) is 16.1. The first-order valence-corrected chi connectivity index (χ1v) is 9.82. The van der Waals surface area contributed by atoms with E-state index in [9.17, 15) is 9.59 Å². The fourth-order valence-corrected chi connectivity index (χ4v) is 3.64. The molecule has 1 aromatic heterocycles. The first-order chi connectivity index (χ1) is 13.0. The minimum atomic E-state index is -0.554. The lowest BCUT2D eigenvalue weighted by molar-refractivity contribution is -0.121.